The van der Waals surface area contributed by atoms with Crippen LogP contribution in [0.3, 0.4) is 0 Å². The van der Waals surface area contributed by atoms with Gasteiger partial charge in [-0.25, -0.2) is 0 Å². The summed E-state index contributed by atoms with van der Waals surface area (Å²) in [6, 6.07) is 21.8. The van der Waals surface area contributed by atoms with Crippen LogP contribution in [-0.2, 0) is 11.2 Å². The van der Waals surface area contributed by atoms with Gasteiger partial charge in [-0.1, -0.05) is 72.3 Å². The number of anilines is 1. The second-order valence-corrected chi connectivity index (χ2v) is 7.15. The fourth-order valence-corrected chi connectivity index (χ4v) is 3.61. The number of amides is 1. The molecule has 3 heteroatoms. The van der Waals surface area contributed by atoms with E-state index < -0.39 is 0 Å². The summed E-state index contributed by atoms with van der Waals surface area (Å²) in [7, 11) is 0. The first-order valence-corrected chi connectivity index (χ1v) is 9.71. The number of fused-ring (bicyclic) bond motifs is 1. The third-order valence-electron chi connectivity index (χ3n) is 4.84. The average Bonchev–Trinajstić information content (AvgIpc) is 2.73. The number of hydrogen-bond acceptors (Lipinski definition) is 1. The van der Waals surface area contributed by atoms with Gasteiger partial charge in [0, 0.05) is 16.8 Å². The van der Waals surface area contributed by atoms with Crippen molar-refractivity contribution < 1.29 is 4.79 Å². The highest BCUT2D eigenvalue weighted by molar-refractivity contribution is 6.32. The first kappa shape index (κ1) is 18.3. The Kier molecular flexibility index (Phi) is 5.41. The summed E-state index contributed by atoms with van der Waals surface area (Å²) >= 11 is 6.11. The summed E-state index contributed by atoms with van der Waals surface area (Å²) in [5.74, 6) is -0.187. The van der Waals surface area contributed by atoms with Crippen molar-refractivity contribution in [2.75, 3.05) is 5.32 Å². The van der Waals surface area contributed by atoms with Crippen LogP contribution in [0, 0.1) is 0 Å². The van der Waals surface area contributed by atoms with Crippen molar-refractivity contribution in [1.82, 2.24) is 0 Å². The molecule has 1 aliphatic carbocycles. The Balaban J connectivity index is 1.48. The molecule has 3 aromatic rings. The van der Waals surface area contributed by atoms with Crippen LogP contribution in [0.25, 0.3) is 23.3 Å². The minimum absolute atomic E-state index is 0.187. The summed E-state index contributed by atoms with van der Waals surface area (Å²) in [4.78, 5) is 12.2. The molecule has 0 bridgehead atoms. The molecule has 0 aliphatic heterocycles. The van der Waals surface area contributed by atoms with E-state index in [9.17, 15) is 4.79 Å². The van der Waals surface area contributed by atoms with E-state index in [4.69, 9.17) is 11.6 Å². The first-order chi connectivity index (χ1) is 13.7. The van der Waals surface area contributed by atoms with E-state index in [0.29, 0.717) is 5.02 Å². The van der Waals surface area contributed by atoms with Gasteiger partial charge in [0.1, 0.15) is 0 Å². The molecule has 0 radical (unpaired) electrons. The van der Waals surface area contributed by atoms with E-state index >= 15 is 0 Å². The molecule has 3 aromatic carbocycles. The highest BCUT2D eigenvalue weighted by atomic mass is 35.5. The minimum Gasteiger partial charge on any atom is -0.323 e. The number of halogens is 1. The Labute approximate surface area is 170 Å². The summed E-state index contributed by atoms with van der Waals surface area (Å²) in [5.41, 5.74) is 6.64. The molecular formula is C25H20ClNO. The van der Waals surface area contributed by atoms with E-state index in [1.54, 1.807) is 12.1 Å². The minimum atomic E-state index is -0.187. The summed E-state index contributed by atoms with van der Waals surface area (Å²) in [6.07, 6.45) is 9.84. The maximum absolute atomic E-state index is 12.2. The van der Waals surface area contributed by atoms with Crippen LogP contribution in [0.4, 0.5) is 5.69 Å². The van der Waals surface area contributed by atoms with E-state index in [1.165, 1.54) is 22.8 Å². The van der Waals surface area contributed by atoms with E-state index in [1.807, 2.05) is 42.5 Å². The van der Waals surface area contributed by atoms with Crippen molar-refractivity contribution in [1.29, 1.82) is 0 Å². The topological polar surface area (TPSA) is 29.1 Å². The fourth-order valence-electron chi connectivity index (χ4n) is 3.41. The van der Waals surface area contributed by atoms with Crippen LogP contribution in [0.15, 0.2) is 78.9 Å². The number of aryl methyl sites for hydroxylation is 1. The van der Waals surface area contributed by atoms with Crippen LogP contribution >= 0.6 is 11.6 Å². The van der Waals surface area contributed by atoms with Gasteiger partial charge >= 0.3 is 0 Å². The Morgan fingerprint density at radius 3 is 2.61 bits per heavy atom. The monoisotopic (exact) mass is 385 g/mol. The lowest BCUT2D eigenvalue weighted by Gasteiger charge is -2.15. The third kappa shape index (κ3) is 4.08. The fraction of sp³-hybridized carbons (Fsp3) is 0.0800. The molecule has 0 fully saturated rings. The number of hydrogen-bond donors (Lipinski definition) is 1. The van der Waals surface area contributed by atoms with Gasteiger partial charge in [0.2, 0.25) is 5.91 Å². The predicted molar refractivity (Wildman–Crippen MR) is 118 cm³/mol. The lowest BCUT2D eigenvalue weighted by Crippen LogP contribution is -2.07. The highest BCUT2D eigenvalue weighted by Crippen LogP contribution is 2.31. The summed E-state index contributed by atoms with van der Waals surface area (Å²) in [5, 5.41) is 3.51. The Hall–Kier alpha value is -3.10. The quantitative estimate of drug-likeness (QED) is 0.502. The molecule has 0 unspecified atom stereocenters. The molecule has 138 valence electrons. The Bertz CT molecular complexity index is 1060. The average molecular weight is 386 g/mol. The van der Waals surface area contributed by atoms with Crippen molar-refractivity contribution in [3.63, 3.8) is 0 Å². The molecule has 0 atom stereocenters. The van der Waals surface area contributed by atoms with Gasteiger partial charge < -0.3 is 5.32 Å². The molecule has 0 saturated heterocycles. The number of benzene rings is 3. The maximum Gasteiger partial charge on any atom is 0.248 e. The lowest BCUT2D eigenvalue weighted by molar-refractivity contribution is -0.111. The van der Waals surface area contributed by atoms with Crippen molar-refractivity contribution >= 4 is 35.3 Å². The number of carbonyl (C=O) groups is 1. The van der Waals surface area contributed by atoms with Crippen molar-refractivity contribution in [2.24, 2.45) is 0 Å². The van der Waals surface area contributed by atoms with Crippen LogP contribution in [-0.4, -0.2) is 5.91 Å². The number of carbonyl (C=O) groups excluding carboxylic acids is 1. The van der Waals surface area contributed by atoms with E-state index in [0.717, 1.165) is 29.7 Å². The van der Waals surface area contributed by atoms with Gasteiger partial charge in [0.05, 0.1) is 0 Å². The number of allylic oxidation sites excluding steroid dienone is 1. The molecule has 0 saturated carbocycles. The second kappa shape index (κ2) is 8.28. The second-order valence-electron chi connectivity index (χ2n) is 6.74. The summed E-state index contributed by atoms with van der Waals surface area (Å²) < 4.78 is 0. The molecule has 2 nitrogen and oxygen atoms in total. The molecule has 1 amide bonds. The standard InChI is InChI=1S/C25H20ClNO/c26-24-11-4-2-7-20(24)14-17-25(28)27-21-15-12-19(13-16-21)23-10-5-8-18-6-1-3-9-22(18)23/h2-5,7-17H,1,6H2,(H,27,28). The van der Waals surface area contributed by atoms with E-state index in [-0.39, 0.29) is 5.91 Å². The summed E-state index contributed by atoms with van der Waals surface area (Å²) in [6.45, 7) is 0. The van der Waals surface area contributed by atoms with Gasteiger partial charge in [-0.2, -0.15) is 0 Å². The Morgan fingerprint density at radius 1 is 0.964 bits per heavy atom. The van der Waals surface area contributed by atoms with Crippen LogP contribution in [0.2, 0.25) is 5.02 Å². The molecule has 0 spiro atoms. The zero-order chi connectivity index (χ0) is 19.3. The molecule has 0 heterocycles. The van der Waals surface area contributed by atoms with Gasteiger partial charge in [-0.3, -0.25) is 4.79 Å². The van der Waals surface area contributed by atoms with Crippen LogP contribution < -0.4 is 5.32 Å². The lowest BCUT2D eigenvalue weighted by atomic mass is 9.90. The normalized spacial score (nSPS) is 12.8. The van der Waals surface area contributed by atoms with Crippen LogP contribution in [0.1, 0.15) is 23.1 Å². The zero-order valence-corrected chi connectivity index (χ0v) is 16.1. The van der Waals surface area contributed by atoms with Gasteiger partial charge in [-0.05, 0) is 64.9 Å². The predicted octanol–water partition coefficient (Wildman–Crippen LogP) is 6.62. The molecule has 1 aliphatic rings. The highest BCUT2D eigenvalue weighted by Gasteiger charge is 2.10. The molecule has 28 heavy (non-hydrogen) atoms. The number of rotatable bonds is 4. The van der Waals surface area contributed by atoms with E-state index in [2.05, 4.69) is 35.7 Å². The van der Waals surface area contributed by atoms with Gasteiger partial charge in [-0.15, -0.1) is 0 Å². The maximum atomic E-state index is 12.2. The largest absolute Gasteiger partial charge is 0.323 e. The van der Waals surface area contributed by atoms with Gasteiger partial charge in [0.15, 0.2) is 0 Å². The molecule has 4 rings (SSSR count). The number of nitrogens with one attached hydrogen (secondary N) is 1. The van der Waals surface area contributed by atoms with Crippen molar-refractivity contribution in [3.8, 4) is 11.1 Å². The molecule has 1 N–H and O–H groups in total. The van der Waals surface area contributed by atoms with Crippen molar-refractivity contribution in [2.45, 2.75) is 12.8 Å². The molecular weight excluding hydrogens is 366 g/mol. The smallest absolute Gasteiger partial charge is 0.248 e. The molecule has 0 aromatic heterocycles. The van der Waals surface area contributed by atoms with Crippen molar-refractivity contribution in [3.05, 3.63) is 101 Å². The SMILES string of the molecule is O=C(C=Cc1ccccc1Cl)Nc1ccc(-c2cccc3c2C=CCC3)cc1. The first-order valence-electron chi connectivity index (χ1n) is 9.33. The zero-order valence-electron chi connectivity index (χ0n) is 15.4. The van der Waals surface area contributed by atoms with Gasteiger partial charge in [0.25, 0.3) is 0 Å². The Morgan fingerprint density at radius 2 is 1.79 bits per heavy atom. The third-order valence-corrected chi connectivity index (χ3v) is 5.19. The van der Waals surface area contributed by atoms with Crippen LogP contribution in [0.5, 0.6) is 0 Å².